The van der Waals surface area contributed by atoms with Gasteiger partial charge in [0.25, 0.3) is 0 Å². The first-order chi connectivity index (χ1) is 8.74. The van der Waals surface area contributed by atoms with Crippen LogP contribution in [0.15, 0.2) is 24.3 Å². The maximum absolute atomic E-state index is 11.3. The molecule has 0 saturated carbocycles. The lowest BCUT2D eigenvalue weighted by Crippen LogP contribution is -2.11. The number of carbonyl (C=O) groups is 1. The van der Waals surface area contributed by atoms with Crippen LogP contribution in [0.4, 0.5) is 5.69 Å². The van der Waals surface area contributed by atoms with Crippen molar-refractivity contribution in [3.8, 4) is 5.75 Å². The Morgan fingerprint density at radius 2 is 2.11 bits per heavy atom. The second-order valence-corrected chi connectivity index (χ2v) is 4.16. The Balaban J connectivity index is 1.54. The van der Waals surface area contributed by atoms with E-state index in [0.29, 0.717) is 38.3 Å². The van der Waals surface area contributed by atoms with E-state index in [0.717, 1.165) is 5.75 Å². The number of esters is 1. The summed E-state index contributed by atoms with van der Waals surface area (Å²) in [6.45, 7) is 1.56. The molecule has 1 unspecified atom stereocenters. The SMILES string of the molecule is Nc1ccc(OCCCC(=O)OCC2CO2)cc1. The highest BCUT2D eigenvalue weighted by atomic mass is 16.6. The van der Waals surface area contributed by atoms with Crippen LogP contribution in [-0.2, 0) is 14.3 Å². The number of benzene rings is 1. The van der Waals surface area contributed by atoms with Crippen LogP contribution in [0.5, 0.6) is 5.75 Å². The van der Waals surface area contributed by atoms with E-state index in [4.69, 9.17) is 19.9 Å². The molecule has 1 fully saturated rings. The summed E-state index contributed by atoms with van der Waals surface area (Å²) in [7, 11) is 0. The van der Waals surface area contributed by atoms with Crippen LogP contribution in [0.1, 0.15) is 12.8 Å². The van der Waals surface area contributed by atoms with Crippen molar-refractivity contribution in [3.05, 3.63) is 24.3 Å². The van der Waals surface area contributed by atoms with Gasteiger partial charge in [-0.1, -0.05) is 0 Å². The van der Waals surface area contributed by atoms with Crippen molar-refractivity contribution >= 4 is 11.7 Å². The summed E-state index contributed by atoms with van der Waals surface area (Å²) in [5, 5.41) is 0. The maximum Gasteiger partial charge on any atom is 0.306 e. The average Bonchev–Trinajstić information content (AvgIpc) is 3.18. The van der Waals surface area contributed by atoms with Crippen molar-refractivity contribution in [1.82, 2.24) is 0 Å². The molecule has 1 aromatic rings. The molecular weight excluding hydrogens is 234 g/mol. The number of ether oxygens (including phenoxy) is 3. The van der Waals surface area contributed by atoms with Crippen LogP contribution in [0.2, 0.25) is 0 Å². The third-order valence-corrected chi connectivity index (χ3v) is 2.51. The second-order valence-electron chi connectivity index (χ2n) is 4.16. The van der Waals surface area contributed by atoms with Crippen molar-refractivity contribution in [2.24, 2.45) is 0 Å². The molecule has 5 nitrogen and oxygen atoms in total. The van der Waals surface area contributed by atoms with Crippen LogP contribution < -0.4 is 10.5 Å². The molecule has 5 heteroatoms. The minimum Gasteiger partial charge on any atom is -0.494 e. The van der Waals surface area contributed by atoms with Gasteiger partial charge in [0.1, 0.15) is 18.5 Å². The third kappa shape index (κ3) is 4.63. The van der Waals surface area contributed by atoms with Gasteiger partial charge in [0.2, 0.25) is 0 Å². The van der Waals surface area contributed by atoms with Crippen LogP contribution in [0.3, 0.4) is 0 Å². The Morgan fingerprint density at radius 3 is 2.78 bits per heavy atom. The number of hydrogen-bond donors (Lipinski definition) is 1. The first-order valence-corrected chi connectivity index (χ1v) is 5.99. The Labute approximate surface area is 106 Å². The summed E-state index contributed by atoms with van der Waals surface area (Å²) in [6, 6.07) is 7.16. The molecular formula is C13H17NO4. The largest absolute Gasteiger partial charge is 0.494 e. The number of epoxide rings is 1. The van der Waals surface area contributed by atoms with Gasteiger partial charge in [0, 0.05) is 12.1 Å². The zero-order valence-electron chi connectivity index (χ0n) is 10.1. The van der Waals surface area contributed by atoms with Crippen molar-refractivity contribution in [2.45, 2.75) is 18.9 Å². The molecule has 0 radical (unpaired) electrons. The number of nitrogen functional groups attached to an aromatic ring is 1. The van der Waals surface area contributed by atoms with Crippen molar-refractivity contribution in [2.75, 3.05) is 25.6 Å². The van der Waals surface area contributed by atoms with E-state index < -0.39 is 0 Å². The van der Waals surface area contributed by atoms with E-state index in [9.17, 15) is 4.79 Å². The van der Waals surface area contributed by atoms with Gasteiger partial charge in [0.05, 0.1) is 13.2 Å². The van der Waals surface area contributed by atoms with Crippen LogP contribution >= 0.6 is 0 Å². The van der Waals surface area contributed by atoms with Crippen LogP contribution in [0, 0.1) is 0 Å². The van der Waals surface area contributed by atoms with Gasteiger partial charge in [-0.15, -0.1) is 0 Å². The highest BCUT2D eigenvalue weighted by Gasteiger charge is 2.23. The van der Waals surface area contributed by atoms with Gasteiger partial charge >= 0.3 is 5.97 Å². The van der Waals surface area contributed by atoms with E-state index in [2.05, 4.69) is 0 Å². The Morgan fingerprint density at radius 1 is 1.39 bits per heavy atom. The molecule has 1 aromatic carbocycles. The lowest BCUT2D eigenvalue weighted by molar-refractivity contribution is -0.144. The van der Waals surface area contributed by atoms with Gasteiger partial charge in [-0.3, -0.25) is 4.79 Å². The zero-order valence-corrected chi connectivity index (χ0v) is 10.1. The van der Waals surface area contributed by atoms with Gasteiger partial charge in [-0.05, 0) is 30.7 Å². The monoisotopic (exact) mass is 251 g/mol. The lowest BCUT2D eigenvalue weighted by atomic mass is 10.3. The smallest absolute Gasteiger partial charge is 0.306 e. The molecule has 2 N–H and O–H groups in total. The molecule has 0 amide bonds. The highest BCUT2D eigenvalue weighted by molar-refractivity contribution is 5.69. The fraction of sp³-hybridized carbons (Fsp3) is 0.462. The fourth-order valence-electron chi connectivity index (χ4n) is 1.39. The molecule has 0 bridgehead atoms. The van der Waals surface area contributed by atoms with Crippen LogP contribution in [-0.4, -0.2) is 31.9 Å². The number of rotatable bonds is 7. The summed E-state index contributed by atoms with van der Waals surface area (Å²) >= 11 is 0. The predicted octanol–water partition coefficient (Wildman–Crippen LogP) is 1.37. The summed E-state index contributed by atoms with van der Waals surface area (Å²) in [4.78, 5) is 11.3. The number of hydrogen-bond acceptors (Lipinski definition) is 5. The molecule has 2 rings (SSSR count). The fourth-order valence-corrected chi connectivity index (χ4v) is 1.39. The topological polar surface area (TPSA) is 74.1 Å². The second kappa shape index (κ2) is 6.26. The third-order valence-electron chi connectivity index (χ3n) is 2.51. The van der Waals surface area contributed by atoms with E-state index in [1.807, 2.05) is 0 Å². The average molecular weight is 251 g/mol. The molecule has 1 heterocycles. The highest BCUT2D eigenvalue weighted by Crippen LogP contribution is 2.13. The van der Waals surface area contributed by atoms with Gasteiger partial charge < -0.3 is 19.9 Å². The molecule has 0 aromatic heterocycles. The standard InChI is InChI=1S/C13H17NO4/c14-10-3-5-11(6-4-10)16-7-1-2-13(15)18-9-12-8-17-12/h3-6,12H,1-2,7-9,14H2. The molecule has 18 heavy (non-hydrogen) atoms. The van der Waals surface area contributed by atoms with Gasteiger partial charge in [-0.2, -0.15) is 0 Å². The molecule has 0 aliphatic carbocycles. The predicted molar refractivity (Wildman–Crippen MR) is 66.3 cm³/mol. The summed E-state index contributed by atoms with van der Waals surface area (Å²) in [5.41, 5.74) is 6.26. The molecule has 1 atom stereocenters. The molecule has 98 valence electrons. The number of anilines is 1. The van der Waals surface area contributed by atoms with Gasteiger partial charge in [-0.25, -0.2) is 0 Å². The zero-order chi connectivity index (χ0) is 12.8. The maximum atomic E-state index is 11.3. The van der Waals surface area contributed by atoms with E-state index in [1.165, 1.54) is 0 Å². The Hall–Kier alpha value is -1.75. The van der Waals surface area contributed by atoms with Crippen LogP contribution in [0.25, 0.3) is 0 Å². The first kappa shape index (κ1) is 12.7. The van der Waals surface area contributed by atoms with Crippen molar-refractivity contribution in [3.63, 3.8) is 0 Å². The molecule has 1 saturated heterocycles. The Kier molecular flexibility index (Phi) is 4.41. The normalized spacial score (nSPS) is 17.2. The van der Waals surface area contributed by atoms with E-state index in [1.54, 1.807) is 24.3 Å². The molecule has 1 aliphatic heterocycles. The van der Waals surface area contributed by atoms with Crippen molar-refractivity contribution in [1.29, 1.82) is 0 Å². The molecule has 0 spiro atoms. The quantitative estimate of drug-likeness (QED) is 0.343. The van der Waals surface area contributed by atoms with E-state index in [-0.39, 0.29) is 12.1 Å². The van der Waals surface area contributed by atoms with Gasteiger partial charge in [0.15, 0.2) is 0 Å². The number of nitrogens with two attached hydrogens (primary N) is 1. The summed E-state index contributed by atoms with van der Waals surface area (Å²) in [6.07, 6.45) is 1.12. The van der Waals surface area contributed by atoms with Crippen molar-refractivity contribution < 1.29 is 19.0 Å². The first-order valence-electron chi connectivity index (χ1n) is 5.99. The lowest BCUT2D eigenvalue weighted by Gasteiger charge is -2.06. The summed E-state index contributed by atoms with van der Waals surface area (Å²) < 4.78 is 15.4. The minimum atomic E-state index is -0.202. The minimum absolute atomic E-state index is 0.125. The van der Waals surface area contributed by atoms with E-state index >= 15 is 0 Å². The Bertz CT molecular complexity index is 386. The number of carbonyl (C=O) groups excluding carboxylic acids is 1. The summed E-state index contributed by atoms with van der Waals surface area (Å²) in [5.74, 6) is 0.551. The molecule has 1 aliphatic rings.